The van der Waals surface area contributed by atoms with Crippen molar-refractivity contribution in [1.29, 1.82) is 0 Å². The van der Waals surface area contributed by atoms with Crippen LogP contribution in [0.5, 0.6) is 5.75 Å². The minimum absolute atomic E-state index is 0.196. The molecule has 1 aliphatic carbocycles. The van der Waals surface area contributed by atoms with Crippen LogP contribution >= 0.6 is 0 Å². The fourth-order valence-corrected chi connectivity index (χ4v) is 3.72. The summed E-state index contributed by atoms with van der Waals surface area (Å²) in [6.45, 7) is 6.25. The summed E-state index contributed by atoms with van der Waals surface area (Å²) >= 11 is 0. The number of ether oxygens (including phenoxy) is 4. The molecule has 166 valence electrons. The average molecular weight is 427 g/mol. The maximum atomic E-state index is 13.4. The highest BCUT2D eigenvalue weighted by Gasteiger charge is 2.43. The van der Waals surface area contributed by atoms with Gasteiger partial charge in [0, 0.05) is 28.6 Å². The number of methoxy groups -OCH3 is 1. The zero-order valence-corrected chi connectivity index (χ0v) is 18.4. The Morgan fingerprint density at radius 2 is 1.90 bits per heavy atom. The molecule has 1 N–H and O–H groups in total. The van der Waals surface area contributed by atoms with Gasteiger partial charge in [-0.2, -0.15) is 0 Å². The number of carbonyl (C=O) groups excluding carboxylic acids is 2. The normalized spacial score (nSPS) is 24.2. The molecule has 0 atom stereocenters. The first-order valence-corrected chi connectivity index (χ1v) is 10.4. The SMILES string of the molecule is CCOC(=O)/C1=C(C2(C)OCCO2)/C(=C/Nc2ccc(OC)cc2)C(=O)/C(C)=C\CC1. The van der Waals surface area contributed by atoms with Crippen molar-refractivity contribution in [2.24, 2.45) is 0 Å². The molecule has 0 unspecified atom stereocenters. The third-order valence-electron chi connectivity index (χ3n) is 5.31. The van der Waals surface area contributed by atoms with E-state index in [2.05, 4.69) is 5.32 Å². The predicted octanol–water partition coefficient (Wildman–Crippen LogP) is 3.92. The third kappa shape index (κ3) is 5.06. The number of benzene rings is 1. The van der Waals surface area contributed by atoms with E-state index in [1.807, 2.05) is 30.3 Å². The number of esters is 1. The van der Waals surface area contributed by atoms with E-state index in [1.54, 1.807) is 34.1 Å². The second-order valence-electron chi connectivity index (χ2n) is 7.40. The van der Waals surface area contributed by atoms with Gasteiger partial charge in [0.2, 0.25) is 0 Å². The Labute approximate surface area is 182 Å². The molecule has 7 heteroatoms. The number of carbonyl (C=O) groups is 2. The Morgan fingerprint density at radius 1 is 1.23 bits per heavy atom. The van der Waals surface area contributed by atoms with E-state index in [-0.39, 0.29) is 12.4 Å². The van der Waals surface area contributed by atoms with Crippen LogP contribution in [0.25, 0.3) is 0 Å². The lowest BCUT2D eigenvalue weighted by Crippen LogP contribution is -2.35. The number of rotatable bonds is 6. The summed E-state index contributed by atoms with van der Waals surface area (Å²) in [4.78, 5) is 26.2. The summed E-state index contributed by atoms with van der Waals surface area (Å²) < 4.78 is 22.3. The zero-order chi connectivity index (χ0) is 22.4. The molecule has 0 amide bonds. The monoisotopic (exact) mass is 427 g/mol. The molecule has 1 aromatic rings. The lowest BCUT2D eigenvalue weighted by molar-refractivity contribution is -0.140. The molecule has 0 radical (unpaired) electrons. The summed E-state index contributed by atoms with van der Waals surface area (Å²) in [6, 6.07) is 7.31. The molecule has 1 aromatic carbocycles. The minimum Gasteiger partial charge on any atom is -0.497 e. The number of nitrogens with one attached hydrogen (secondary N) is 1. The van der Waals surface area contributed by atoms with Crippen LogP contribution in [0.4, 0.5) is 5.69 Å². The maximum Gasteiger partial charge on any atom is 0.334 e. The van der Waals surface area contributed by atoms with Crippen LogP contribution in [0.1, 0.15) is 33.6 Å². The van der Waals surface area contributed by atoms with Gasteiger partial charge in [0.05, 0.1) is 26.9 Å². The molecule has 0 bridgehead atoms. The van der Waals surface area contributed by atoms with E-state index in [1.165, 1.54) is 0 Å². The van der Waals surface area contributed by atoms with Crippen molar-refractivity contribution in [2.45, 2.75) is 39.4 Å². The van der Waals surface area contributed by atoms with Crippen LogP contribution in [0.3, 0.4) is 0 Å². The van der Waals surface area contributed by atoms with Crippen molar-refractivity contribution in [3.05, 3.63) is 58.8 Å². The van der Waals surface area contributed by atoms with Crippen molar-refractivity contribution in [3.63, 3.8) is 0 Å². The van der Waals surface area contributed by atoms with E-state index in [9.17, 15) is 9.59 Å². The smallest absolute Gasteiger partial charge is 0.334 e. The van der Waals surface area contributed by atoms with Crippen molar-refractivity contribution in [2.75, 3.05) is 32.2 Å². The number of anilines is 1. The molecule has 2 aliphatic rings. The van der Waals surface area contributed by atoms with Gasteiger partial charge in [-0.15, -0.1) is 0 Å². The molecule has 1 saturated heterocycles. The van der Waals surface area contributed by atoms with Gasteiger partial charge in [0.1, 0.15) is 5.75 Å². The molecule has 0 aromatic heterocycles. The fraction of sp³-hybridized carbons (Fsp3) is 0.417. The summed E-state index contributed by atoms with van der Waals surface area (Å²) in [7, 11) is 1.60. The van der Waals surface area contributed by atoms with E-state index >= 15 is 0 Å². The van der Waals surface area contributed by atoms with Crippen molar-refractivity contribution in [1.82, 2.24) is 0 Å². The van der Waals surface area contributed by atoms with E-state index in [4.69, 9.17) is 18.9 Å². The standard InChI is InChI=1S/C24H29NO6/c1-5-29-23(27)19-8-6-7-16(2)22(26)20(21(19)24(3)30-13-14-31-24)15-25-17-9-11-18(28-4)12-10-17/h7,9-12,15,25H,5-6,8,13-14H2,1-4H3/b16-7-,20-15-,21-19-. The first-order valence-electron chi connectivity index (χ1n) is 10.4. The number of Topliss-reactive ketones (excluding diaryl/α,β-unsaturated/α-hetero) is 1. The molecule has 1 fully saturated rings. The lowest BCUT2D eigenvalue weighted by Gasteiger charge is -2.30. The Kier molecular flexibility index (Phi) is 7.30. The summed E-state index contributed by atoms with van der Waals surface area (Å²) in [6.07, 6.45) is 4.42. The molecular weight excluding hydrogens is 398 g/mol. The van der Waals surface area contributed by atoms with E-state index < -0.39 is 11.8 Å². The molecule has 31 heavy (non-hydrogen) atoms. The average Bonchev–Trinajstić information content (AvgIpc) is 3.21. The van der Waals surface area contributed by atoms with Crippen LogP contribution < -0.4 is 10.1 Å². The molecular formula is C24H29NO6. The highest BCUT2D eigenvalue weighted by Crippen LogP contribution is 2.39. The van der Waals surface area contributed by atoms with Crippen molar-refractivity contribution < 1.29 is 28.5 Å². The minimum atomic E-state index is -1.22. The molecule has 1 heterocycles. The first-order chi connectivity index (χ1) is 14.9. The van der Waals surface area contributed by atoms with Gasteiger partial charge >= 0.3 is 5.97 Å². The second kappa shape index (κ2) is 9.94. The zero-order valence-electron chi connectivity index (χ0n) is 18.4. The topological polar surface area (TPSA) is 83.1 Å². The molecule has 0 spiro atoms. The van der Waals surface area contributed by atoms with Gasteiger partial charge in [-0.1, -0.05) is 6.08 Å². The molecule has 7 nitrogen and oxygen atoms in total. The van der Waals surface area contributed by atoms with Crippen LogP contribution in [0.15, 0.2) is 58.8 Å². The fourth-order valence-electron chi connectivity index (χ4n) is 3.72. The van der Waals surface area contributed by atoms with Crippen LogP contribution in [0, 0.1) is 0 Å². The Bertz CT molecular complexity index is 920. The van der Waals surface area contributed by atoms with Gasteiger partial charge in [-0.3, -0.25) is 4.79 Å². The van der Waals surface area contributed by atoms with Gasteiger partial charge in [0.25, 0.3) is 0 Å². The van der Waals surface area contributed by atoms with Gasteiger partial charge < -0.3 is 24.3 Å². The Morgan fingerprint density at radius 3 is 2.52 bits per heavy atom. The quantitative estimate of drug-likeness (QED) is 0.544. The van der Waals surface area contributed by atoms with Crippen LogP contribution in [-0.4, -0.2) is 44.5 Å². The van der Waals surface area contributed by atoms with Crippen LogP contribution in [0.2, 0.25) is 0 Å². The summed E-state index contributed by atoms with van der Waals surface area (Å²) in [5, 5.41) is 3.16. The van der Waals surface area contributed by atoms with E-state index in [0.717, 1.165) is 11.4 Å². The number of hydrogen-bond acceptors (Lipinski definition) is 7. The number of allylic oxidation sites excluding steroid dienone is 2. The summed E-state index contributed by atoms with van der Waals surface area (Å²) in [5.41, 5.74) is 2.50. The number of hydrogen-bond donors (Lipinski definition) is 1. The molecule has 1 aliphatic heterocycles. The second-order valence-corrected chi connectivity index (χ2v) is 7.40. The van der Waals surface area contributed by atoms with Gasteiger partial charge in [-0.05, 0) is 63.5 Å². The predicted molar refractivity (Wildman–Crippen MR) is 117 cm³/mol. The van der Waals surface area contributed by atoms with Gasteiger partial charge in [0.15, 0.2) is 11.6 Å². The lowest BCUT2D eigenvalue weighted by atomic mass is 9.84. The highest BCUT2D eigenvalue weighted by molar-refractivity contribution is 6.12. The summed E-state index contributed by atoms with van der Waals surface area (Å²) in [5.74, 6) is -1.15. The highest BCUT2D eigenvalue weighted by atomic mass is 16.7. The Hall–Kier alpha value is -2.90. The molecule has 0 saturated carbocycles. The number of ketones is 1. The third-order valence-corrected chi connectivity index (χ3v) is 5.31. The molecule has 3 rings (SSSR count). The van der Waals surface area contributed by atoms with Crippen molar-refractivity contribution in [3.8, 4) is 5.75 Å². The first kappa shape index (κ1) is 22.8. The van der Waals surface area contributed by atoms with Crippen molar-refractivity contribution >= 4 is 17.4 Å². The maximum absolute atomic E-state index is 13.4. The largest absolute Gasteiger partial charge is 0.497 e. The van der Waals surface area contributed by atoms with Gasteiger partial charge in [-0.25, -0.2) is 4.79 Å². The van der Waals surface area contributed by atoms with Crippen LogP contribution in [-0.2, 0) is 23.8 Å². The Balaban J connectivity index is 2.12. The van der Waals surface area contributed by atoms with E-state index in [0.29, 0.717) is 48.3 Å².